The van der Waals surface area contributed by atoms with Gasteiger partial charge in [0.1, 0.15) is 12.1 Å². The Kier molecular flexibility index (Phi) is 3.20. The predicted octanol–water partition coefficient (Wildman–Crippen LogP) is 3.95. The molecule has 1 aromatic heterocycles. The molecule has 0 N–H and O–H groups in total. The third-order valence-electron chi connectivity index (χ3n) is 2.76. The number of fused-ring (bicyclic) bond motifs is 1. The van der Waals surface area contributed by atoms with Crippen LogP contribution in [0.25, 0.3) is 10.9 Å². The number of nitriles is 1. The van der Waals surface area contributed by atoms with Crippen LogP contribution < -0.4 is 4.74 Å². The van der Waals surface area contributed by atoms with Gasteiger partial charge in [-0.05, 0) is 42.5 Å². The first kappa shape index (κ1) is 12.4. The maximum Gasteiger partial charge on any atom is 0.230 e. The van der Waals surface area contributed by atoms with Crippen LogP contribution in [0.4, 0.5) is 0 Å². The van der Waals surface area contributed by atoms with Gasteiger partial charge in [0.2, 0.25) is 5.88 Å². The topological polar surface area (TPSA) is 58.8 Å². The molecule has 1 heterocycles. The second-order valence-corrected chi connectivity index (χ2v) is 4.51. The van der Waals surface area contributed by atoms with Crippen LogP contribution >= 0.6 is 11.6 Å². The molecule has 3 rings (SSSR count). The third-order valence-corrected chi connectivity index (χ3v) is 3.00. The van der Waals surface area contributed by atoms with E-state index in [0.717, 1.165) is 10.9 Å². The molecule has 0 unspecified atom stereocenters. The second kappa shape index (κ2) is 5.16. The minimum atomic E-state index is 0.455. The fraction of sp³-hybridized carbons (Fsp3) is 0. The van der Waals surface area contributed by atoms with Gasteiger partial charge in [0.25, 0.3) is 0 Å². The first-order valence-corrected chi connectivity index (χ1v) is 6.22. The van der Waals surface area contributed by atoms with Gasteiger partial charge >= 0.3 is 0 Å². The zero-order chi connectivity index (χ0) is 13.9. The van der Waals surface area contributed by atoms with E-state index in [0.29, 0.717) is 22.2 Å². The zero-order valence-corrected chi connectivity index (χ0v) is 11.0. The van der Waals surface area contributed by atoms with Gasteiger partial charge < -0.3 is 4.74 Å². The highest BCUT2D eigenvalue weighted by Crippen LogP contribution is 2.28. The van der Waals surface area contributed by atoms with E-state index < -0.39 is 0 Å². The molecule has 0 aliphatic heterocycles. The van der Waals surface area contributed by atoms with Crippen LogP contribution in [0.1, 0.15) is 5.56 Å². The highest BCUT2D eigenvalue weighted by Gasteiger charge is 2.06. The van der Waals surface area contributed by atoms with E-state index in [1.165, 1.54) is 6.33 Å². The summed E-state index contributed by atoms with van der Waals surface area (Å²) >= 11 is 5.93. The van der Waals surface area contributed by atoms with Gasteiger partial charge in [0, 0.05) is 5.02 Å². The minimum Gasteiger partial charge on any atom is -0.438 e. The largest absolute Gasteiger partial charge is 0.438 e. The third kappa shape index (κ3) is 2.40. The van der Waals surface area contributed by atoms with Gasteiger partial charge in [-0.25, -0.2) is 9.97 Å². The standard InChI is InChI=1S/C15H8ClN3O/c16-11-3-6-13-14(7-11)18-9-19-15(13)20-12-4-1-10(8-17)2-5-12/h1-7,9H. The van der Waals surface area contributed by atoms with Crippen LogP contribution in [-0.2, 0) is 0 Å². The molecule has 5 heteroatoms. The Balaban J connectivity index is 2.00. The number of hydrogen-bond acceptors (Lipinski definition) is 4. The van der Waals surface area contributed by atoms with Gasteiger partial charge in [-0.15, -0.1) is 0 Å². The Labute approximate surface area is 120 Å². The summed E-state index contributed by atoms with van der Waals surface area (Å²) in [6.45, 7) is 0. The molecule has 0 saturated heterocycles. The lowest BCUT2D eigenvalue weighted by molar-refractivity contribution is 0.468. The smallest absolute Gasteiger partial charge is 0.230 e. The van der Waals surface area contributed by atoms with Crippen molar-refractivity contribution in [3.63, 3.8) is 0 Å². The molecular weight excluding hydrogens is 274 g/mol. The molecule has 0 amide bonds. The molecule has 0 aliphatic rings. The summed E-state index contributed by atoms with van der Waals surface area (Å²) in [6.07, 6.45) is 1.43. The van der Waals surface area contributed by atoms with Crippen molar-refractivity contribution in [2.24, 2.45) is 0 Å². The monoisotopic (exact) mass is 281 g/mol. The van der Waals surface area contributed by atoms with Gasteiger partial charge in [-0.1, -0.05) is 11.6 Å². The number of nitrogens with zero attached hydrogens (tertiary/aromatic N) is 3. The average molecular weight is 282 g/mol. The van der Waals surface area contributed by atoms with E-state index in [1.807, 2.05) is 6.07 Å². The summed E-state index contributed by atoms with van der Waals surface area (Å²) in [7, 11) is 0. The van der Waals surface area contributed by atoms with Gasteiger partial charge in [-0.2, -0.15) is 5.26 Å². The molecule has 0 spiro atoms. The summed E-state index contributed by atoms with van der Waals surface area (Å²) in [6, 6.07) is 14.2. The summed E-state index contributed by atoms with van der Waals surface area (Å²) in [5.41, 5.74) is 1.30. The van der Waals surface area contributed by atoms with E-state index in [-0.39, 0.29) is 0 Å². The number of hydrogen-bond donors (Lipinski definition) is 0. The molecule has 0 radical (unpaired) electrons. The van der Waals surface area contributed by atoms with E-state index in [4.69, 9.17) is 21.6 Å². The van der Waals surface area contributed by atoms with E-state index in [1.54, 1.807) is 36.4 Å². The molecule has 0 aliphatic carbocycles. The highest BCUT2D eigenvalue weighted by molar-refractivity contribution is 6.31. The molecule has 0 atom stereocenters. The van der Waals surface area contributed by atoms with Crippen molar-refractivity contribution in [1.29, 1.82) is 5.26 Å². The summed E-state index contributed by atoms with van der Waals surface area (Å²) < 4.78 is 5.73. The zero-order valence-electron chi connectivity index (χ0n) is 10.2. The van der Waals surface area contributed by atoms with Crippen molar-refractivity contribution in [2.45, 2.75) is 0 Å². The highest BCUT2D eigenvalue weighted by atomic mass is 35.5. The normalized spacial score (nSPS) is 10.2. The first-order valence-electron chi connectivity index (χ1n) is 5.84. The van der Waals surface area contributed by atoms with Gasteiger partial charge in [0.15, 0.2) is 0 Å². The van der Waals surface area contributed by atoms with Gasteiger partial charge in [0.05, 0.1) is 22.5 Å². The quantitative estimate of drug-likeness (QED) is 0.714. The van der Waals surface area contributed by atoms with Crippen molar-refractivity contribution >= 4 is 22.5 Å². The number of benzene rings is 2. The van der Waals surface area contributed by atoms with Crippen LogP contribution in [-0.4, -0.2) is 9.97 Å². The fourth-order valence-corrected chi connectivity index (χ4v) is 1.96. The number of rotatable bonds is 2. The maximum absolute atomic E-state index is 8.76. The SMILES string of the molecule is N#Cc1ccc(Oc2ncnc3cc(Cl)ccc23)cc1. The summed E-state index contributed by atoms with van der Waals surface area (Å²) in [5.74, 6) is 1.07. The first-order chi connectivity index (χ1) is 9.76. The molecule has 2 aromatic carbocycles. The Morgan fingerprint density at radius 1 is 1.05 bits per heavy atom. The van der Waals surface area contributed by atoms with Crippen LogP contribution in [0, 0.1) is 11.3 Å². The lowest BCUT2D eigenvalue weighted by Gasteiger charge is -2.07. The van der Waals surface area contributed by atoms with Crippen LogP contribution in [0.15, 0.2) is 48.8 Å². The van der Waals surface area contributed by atoms with Crippen molar-refractivity contribution < 1.29 is 4.74 Å². The maximum atomic E-state index is 8.76. The van der Waals surface area contributed by atoms with Crippen LogP contribution in [0.5, 0.6) is 11.6 Å². The van der Waals surface area contributed by atoms with E-state index in [9.17, 15) is 0 Å². The van der Waals surface area contributed by atoms with Crippen LogP contribution in [0.3, 0.4) is 0 Å². The van der Waals surface area contributed by atoms with Crippen LogP contribution in [0.2, 0.25) is 5.02 Å². The Hall–Kier alpha value is -2.64. The summed E-state index contributed by atoms with van der Waals surface area (Å²) in [4.78, 5) is 8.29. The molecule has 96 valence electrons. The fourth-order valence-electron chi connectivity index (χ4n) is 1.80. The van der Waals surface area contributed by atoms with Crippen molar-refractivity contribution in [1.82, 2.24) is 9.97 Å². The van der Waals surface area contributed by atoms with E-state index in [2.05, 4.69) is 16.0 Å². The Bertz CT molecular complexity index is 809. The Morgan fingerprint density at radius 2 is 1.85 bits per heavy atom. The number of aromatic nitrogens is 2. The molecule has 4 nitrogen and oxygen atoms in total. The Morgan fingerprint density at radius 3 is 2.60 bits per heavy atom. The lowest BCUT2D eigenvalue weighted by atomic mass is 10.2. The summed E-state index contributed by atoms with van der Waals surface area (Å²) in [5, 5.41) is 10.2. The molecule has 0 saturated carbocycles. The number of ether oxygens (including phenoxy) is 1. The number of halogens is 1. The second-order valence-electron chi connectivity index (χ2n) is 4.08. The predicted molar refractivity (Wildman–Crippen MR) is 75.8 cm³/mol. The van der Waals surface area contributed by atoms with Gasteiger partial charge in [-0.3, -0.25) is 0 Å². The van der Waals surface area contributed by atoms with E-state index >= 15 is 0 Å². The average Bonchev–Trinajstić information content (AvgIpc) is 2.48. The van der Waals surface area contributed by atoms with Crippen molar-refractivity contribution in [2.75, 3.05) is 0 Å². The van der Waals surface area contributed by atoms with Crippen molar-refractivity contribution in [3.8, 4) is 17.7 Å². The van der Waals surface area contributed by atoms with Crippen molar-refractivity contribution in [3.05, 3.63) is 59.4 Å². The molecular formula is C15H8ClN3O. The minimum absolute atomic E-state index is 0.455. The molecule has 20 heavy (non-hydrogen) atoms. The lowest BCUT2D eigenvalue weighted by Crippen LogP contribution is -1.91. The molecule has 0 bridgehead atoms. The molecule has 3 aromatic rings. The molecule has 0 fully saturated rings.